The summed E-state index contributed by atoms with van der Waals surface area (Å²) in [6.07, 6.45) is 14.3. The highest BCUT2D eigenvalue weighted by Crippen LogP contribution is 2.28. The molecule has 0 radical (unpaired) electrons. The molecule has 0 aliphatic rings. The lowest BCUT2D eigenvalue weighted by Crippen LogP contribution is -2.26. The highest BCUT2D eigenvalue weighted by Gasteiger charge is 2.26. The van der Waals surface area contributed by atoms with Crippen molar-refractivity contribution in [3.8, 4) is 11.5 Å². The number of carbonyl (C=O) groups excluding carboxylic acids is 5. The normalized spacial score (nSPS) is 11.2. The SMILES string of the molecule is CCCc1ccc(C(=O)Oc2ccc(OC(=O)c3ccc(/C=C/C(=O)OC)cc3)cc2C(=O)OCCCCCCCCCCCOC(=O)C(C)(C)CC)cc1. The fourth-order valence-electron chi connectivity index (χ4n) is 5.39. The van der Waals surface area contributed by atoms with Gasteiger partial charge in [-0.15, -0.1) is 0 Å². The molecule has 10 nitrogen and oxygen atoms in total. The molecule has 296 valence electrons. The third kappa shape index (κ3) is 15.6. The van der Waals surface area contributed by atoms with Crippen molar-refractivity contribution < 1.29 is 47.7 Å². The van der Waals surface area contributed by atoms with Gasteiger partial charge in [0.05, 0.1) is 36.9 Å². The van der Waals surface area contributed by atoms with Gasteiger partial charge in [0.1, 0.15) is 17.1 Å². The van der Waals surface area contributed by atoms with Crippen LogP contribution in [0, 0.1) is 5.41 Å². The average Bonchev–Trinajstić information content (AvgIpc) is 3.19. The fourth-order valence-corrected chi connectivity index (χ4v) is 5.39. The molecule has 0 aliphatic heterocycles. The number of aryl methyl sites for hydroxylation is 1. The highest BCUT2D eigenvalue weighted by molar-refractivity contribution is 5.97. The molecular formula is C45H56O10. The summed E-state index contributed by atoms with van der Waals surface area (Å²) in [6, 6.07) is 17.7. The van der Waals surface area contributed by atoms with Gasteiger partial charge in [0.15, 0.2) is 0 Å². The Morgan fingerprint density at radius 3 is 1.75 bits per heavy atom. The van der Waals surface area contributed by atoms with Crippen LogP contribution in [0.3, 0.4) is 0 Å². The van der Waals surface area contributed by atoms with Crippen LogP contribution < -0.4 is 9.47 Å². The van der Waals surface area contributed by atoms with E-state index in [-0.39, 0.29) is 35.2 Å². The Balaban J connectivity index is 1.53. The van der Waals surface area contributed by atoms with Gasteiger partial charge in [0, 0.05) is 6.08 Å². The van der Waals surface area contributed by atoms with Crippen LogP contribution in [0.2, 0.25) is 0 Å². The minimum Gasteiger partial charge on any atom is -0.466 e. The number of methoxy groups -OCH3 is 1. The smallest absolute Gasteiger partial charge is 0.343 e. The predicted molar refractivity (Wildman–Crippen MR) is 211 cm³/mol. The Morgan fingerprint density at radius 1 is 0.636 bits per heavy atom. The number of hydrogen-bond acceptors (Lipinski definition) is 10. The van der Waals surface area contributed by atoms with Crippen LogP contribution in [0.1, 0.15) is 141 Å². The van der Waals surface area contributed by atoms with E-state index in [4.69, 9.17) is 18.9 Å². The first-order valence-electron chi connectivity index (χ1n) is 19.3. The van der Waals surface area contributed by atoms with Gasteiger partial charge in [0.2, 0.25) is 0 Å². The average molecular weight is 757 g/mol. The van der Waals surface area contributed by atoms with Crippen LogP contribution in [-0.2, 0) is 30.2 Å². The molecular weight excluding hydrogens is 700 g/mol. The molecule has 0 heterocycles. The van der Waals surface area contributed by atoms with Gasteiger partial charge in [-0.1, -0.05) is 89.5 Å². The molecule has 0 unspecified atom stereocenters. The van der Waals surface area contributed by atoms with E-state index < -0.39 is 29.3 Å². The minimum atomic E-state index is -0.704. The maximum absolute atomic E-state index is 13.3. The molecule has 0 fully saturated rings. The molecule has 0 saturated heterocycles. The Bertz CT molecular complexity index is 1720. The maximum Gasteiger partial charge on any atom is 0.343 e. The van der Waals surface area contributed by atoms with Gasteiger partial charge in [-0.3, -0.25) is 4.79 Å². The lowest BCUT2D eigenvalue weighted by molar-refractivity contribution is -0.154. The largest absolute Gasteiger partial charge is 0.466 e. The van der Waals surface area contributed by atoms with Gasteiger partial charge in [-0.2, -0.15) is 0 Å². The third-order valence-corrected chi connectivity index (χ3v) is 9.26. The van der Waals surface area contributed by atoms with Crippen molar-refractivity contribution in [3.63, 3.8) is 0 Å². The first-order valence-corrected chi connectivity index (χ1v) is 19.3. The molecule has 0 saturated carbocycles. The van der Waals surface area contributed by atoms with Crippen LogP contribution in [0.5, 0.6) is 11.5 Å². The third-order valence-electron chi connectivity index (χ3n) is 9.26. The Hall–Kier alpha value is -5.25. The zero-order chi connectivity index (χ0) is 40.1. The summed E-state index contributed by atoms with van der Waals surface area (Å²) in [5.41, 5.74) is 1.88. The summed E-state index contributed by atoms with van der Waals surface area (Å²) in [6.45, 7) is 8.53. The summed E-state index contributed by atoms with van der Waals surface area (Å²) in [4.78, 5) is 62.8. The van der Waals surface area contributed by atoms with Gasteiger partial charge in [-0.05, 0) is 99.2 Å². The van der Waals surface area contributed by atoms with E-state index >= 15 is 0 Å². The van der Waals surface area contributed by atoms with Gasteiger partial charge in [-0.25, -0.2) is 19.2 Å². The maximum atomic E-state index is 13.3. The van der Waals surface area contributed by atoms with Crippen molar-refractivity contribution in [1.29, 1.82) is 0 Å². The quantitative estimate of drug-likeness (QED) is 0.0303. The Labute approximate surface area is 325 Å². The van der Waals surface area contributed by atoms with Gasteiger partial charge < -0.3 is 23.7 Å². The van der Waals surface area contributed by atoms with Crippen molar-refractivity contribution in [2.45, 2.75) is 105 Å². The van der Waals surface area contributed by atoms with Crippen LogP contribution in [0.15, 0.2) is 72.8 Å². The lowest BCUT2D eigenvalue weighted by Gasteiger charge is -2.20. The molecule has 55 heavy (non-hydrogen) atoms. The van der Waals surface area contributed by atoms with Crippen LogP contribution in [0.4, 0.5) is 0 Å². The summed E-state index contributed by atoms with van der Waals surface area (Å²) in [5, 5.41) is 0. The topological polar surface area (TPSA) is 132 Å². The van der Waals surface area contributed by atoms with E-state index in [2.05, 4.69) is 11.7 Å². The second-order valence-corrected chi connectivity index (χ2v) is 14.1. The van der Waals surface area contributed by atoms with Crippen LogP contribution >= 0.6 is 0 Å². The number of hydrogen-bond donors (Lipinski definition) is 0. The number of carbonyl (C=O) groups is 5. The summed E-state index contributed by atoms with van der Waals surface area (Å²) >= 11 is 0. The molecule has 0 bridgehead atoms. The zero-order valence-electron chi connectivity index (χ0n) is 33.0. The summed E-state index contributed by atoms with van der Waals surface area (Å²) < 4.78 is 26.8. The molecule has 3 aromatic rings. The Kier molecular flexibility index (Phi) is 18.9. The first-order chi connectivity index (χ1) is 26.5. The molecule has 0 atom stereocenters. The van der Waals surface area contributed by atoms with Crippen molar-refractivity contribution >= 4 is 35.9 Å². The van der Waals surface area contributed by atoms with Crippen LogP contribution in [-0.4, -0.2) is 50.2 Å². The number of benzene rings is 3. The highest BCUT2D eigenvalue weighted by atomic mass is 16.6. The Morgan fingerprint density at radius 2 is 1.18 bits per heavy atom. The summed E-state index contributed by atoms with van der Waals surface area (Å²) in [7, 11) is 1.28. The molecule has 10 heteroatoms. The standard InChI is InChI=1S/C45H56O10/c1-6-17-33-18-23-36(24-19-33)42(48)55-39-28-27-37(54-41(47)35-25-20-34(21-26-35)22-29-40(46)51-5)32-38(39)43(49)52-30-15-13-11-9-8-10-12-14-16-31-53-44(50)45(3,4)7-2/h18-29,32H,6-17,30-31H2,1-5H3/b29-22+. The molecule has 0 aromatic heterocycles. The van der Waals surface area contributed by atoms with Crippen molar-refractivity contribution in [1.82, 2.24) is 0 Å². The van der Waals surface area contributed by atoms with Crippen molar-refractivity contribution in [3.05, 3.63) is 101 Å². The monoisotopic (exact) mass is 756 g/mol. The van der Waals surface area contributed by atoms with Crippen molar-refractivity contribution in [2.75, 3.05) is 20.3 Å². The number of ether oxygens (including phenoxy) is 5. The van der Waals surface area contributed by atoms with Gasteiger partial charge in [0.25, 0.3) is 0 Å². The van der Waals surface area contributed by atoms with E-state index in [1.54, 1.807) is 42.5 Å². The van der Waals surface area contributed by atoms with Crippen LogP contribution in [0.25, 0.3) is 6.08 Å². The fraction of sp³-hybridized carbons (Fsp3) is 0.444. The molecule has 0 amide bonds. The lowest BCUT2D eigenvalue weighted by atomic mass is 9.91. The number of rotatable bonds is 23. The van der Waals surface area contributed by atoms with Crippen molar-refractivity contribution in [2.24, 2.45) is 5.41 Å². The second kappa shape index (κ2) is 23.5. The summed E-state index contributed by atoms with van der Waals surface area (Å²) in [5.74, 6) is -2.59. The number of unbranched alkanes of at least 4 members (excludes halogenated alkanes) is 8. The molecule has 0 N–H and O–H groups in total. The predicted octanol–water partition coefficient (Wildman–Crippen LogP) is 9.91. The van der Waals surface area contributed by atoms with E-state index in [9.17, 15) is 24.0 Å². The zero-order valence-corrected chi connectivity index (χ0v) is 33.0. The van der Waals surface area contributed by atoms with E-state index in [1.165, 1.54) is 31.4 Å². The van der Waals surface area contributed by atoms with E-state index in [0.717, 1.165) is 76.2 Å². The molecule has 3 rings (SSSR count). The van der Waals surface area contributed by atoms with E-state index in [1.807, 2.05) is 32.9 Å². The molecule has 0 spiro atoms. The number of esters is 5. The van der Waals surface area contributed by atoms with E-state index in [0.29, 0.717) is 24.2 Å². The molecule has 0 aliphatic carbocycles. The van der Waals surface area contributed by atoms with Gasteiger partial charge >= 0.3 is 29.8 Å². The second-order valence-electron chi connectivity index (χ2n) is 14.1. The minimum absolute atomic E-state index is 0.0165. The first kappa shape index (κ1) is 44.1. The molecule has 3 aromatic carbocycles.